The van der Waals surface area contributed by atoms with Gasteiger partial charge in [0.05, 0.1) is 11.4 Å². The van der Waals surface area contributed by atoms with Gasteiger partial charge in [-0.15, -0.1) is 0 Å². The Kier molecular flexibility index (Phi) is 6.68. The third-order valence-corrected chi connectivity index (χ3v) is 5.42. The first kappa shape index (κ1) is 22.1. The number of rotatable bonds is 6. The molecule has 3 aromatic carbocycles. The number of amides is 1. The molecular formula is C27H21ClN4O. The summed E-state index contributed by atoms with van der Waals surface area (Å²) in [6.07, 6.45) is 4.28. The fraction of sp³-hybridized carbons (Fsp3) is 0.0741. The summed E-state index contributed by atoms with van der Waals surface area (Å²) in [6.45, 7) is 2.07. The van der Waals surface area contributed by atoms with Gasteiger partial charge < -0.3 is 5.32 Å². The van der Waals surface area contributed by atoms with Gasteiger partial charge in [0, 0.05) is 28.0 Å². The number of hydrogen-bond acceptors (Lipinski definition) is 3. The van der Waals surface area contributed by atoms with Crippen molar-refractivity contribution in [3.05, 3.63) is 107 Å². The Balaban J connectivity index is 1.71. The molecule has 0 aliphatic rings. The normalized spacial score (nSPS) is 11.1. The van der Waals surface area contributed by atoms with Gasteiger partial charge in [0.15, 0.2) is 0 Å². The van der Waals surface area contributed by atoms with Crippen LogP contribution in [0.2, 0.25) is 5.02 Å². The van der Waals surface area contributed by atoms with E-state index in [1.165, 1.54) is 5.56 Å². The third kappa shape index (κ3) is 5.20. The number of para-hydroxylation sites is 1. The zero-order valence-electron chi connectivity index (χ0n) is 18.0. The average Bonchev–Trinajstić information content (AvgIpc) is 3.28. The lowest BCUT2D eigenvalue weighted by atomic mass is 10.1. The van der Waals surface area contributed by atoms with Crippen LogP contribution in [0.15, 0.2) is 90.6 Å². The Morgan fingerprint density at radius 1 is 1.06 bits per heavy atom. The second kappa shape index (κ2) is 9.99. The van der Waals surface area contributed by atoms with Crippen molar-refractivity contribution < 1.29 is 4.79 Å². The predicted molar refractivity (Wildman–Crippen MR) is 132 cm³/mol. The average molecular weight is 453 g/mol. The molecule has 0 bridgehead atoms. The van der Waals surface area contributed by atoms with Gasteiger partial charge in [0.1, 0.15) is 11.6 Å². The number of carbonyl (C=O) groups excluding carboxylic acids is 1. The standard InChI is InChI=1S/C27H21ClN4O/c1-2-19-8-14-24(15-9-19)30-27(33)21(17-29)16-22-18-32(25-6-4-3-5-7-25)31-26(22)20-10-12-23(28)13-11-20/h3-16,18H,2H2,1H3,(H,30,33). The van der Waals surface area contributed by atoms with Crippen molar-refractivity contribution in [2.75, 3.05) is 5.32 Å². The molecule has 0 radical (unpaired) electrons. The van der Waals surface area contributed by atoms with Crippen molar-refractivity contribution in [1.29, 1.82) is 5.26 Å². The van der Waals surface area contributed by atoms with E-state index in [0.717, 1.165) is 17.7 Å². The highest BCUT2D eigenvalue weighted by Gasteiger charge is 2.15. The quantitative estimate of drug-likeness (QED) is 0.275. The first-order chi connectivity index (χ1) is 16.1. The highest BCUT2D eigenvalue weighted by Crippen LogP contribution is 2.27. The molecule has 1 amide bonds. The third-order valence-electron chi connectivity index (χ3n) is 5.17. The molecule has 162 valence electrons. The molecular weight excluding hydrogens is 432 g/mol. The van der Waals surface area contributed by atoms with Crippen molar-refractivity contribution in [1.82, 2.24) is 9.78 Å². The minimum atomic E-state index is -0.476. The van der Waals surface area contributed by atoms with Gasteiger partial charge >= 0.3 is 0 Å². The maximum absolute atomic E-state index is 12.8. The van der Waals surface area contributed by atoms with Crippen LogP contribution in [-0.2, 0) is 11.2 Å². The van der Waals surface area contributed by atoms with Gasteiger partial charge in [-0.2, -0.15) is 10.4 Å². The number of nitriles is 1. The number of anilines is 1. The molecule has 0 fully saturated rings. The number of nitrogens with one attached hydrogen (secondary N) is 1. The number of aryl methyl sites for hydroxylation is 1. The van der Waals surface area contributed by atoms with Crippen LogP contribution in [0.1, 0.15) is 18.1 Å². The summed E-state index contributed by atoms with van der Waals surface area (Å²) in [6, 6.07) is 26.5. The molecule has 0 aliphatic heterocycles. The molecule has 0 aliphatic carbocycles. The number of halogens is 1. The van der Waals surface area contributed by atoms with E-state index in [0.29, 0.717) is 22.0 Å². The van der Waals surface area contributed by atoms with Gasteiger partial charge in [0.2, 0.25) is 0 Å². The Morgan fingerprint density at radius 3 is 2.39 bits per heavy atom. The first-order valence-electron chi connectivity index (χ1n) is 10.5. The van der Waals surface area contributed by atoms with Crippen LogP contribution < -0.4 is 5.32 Å². The van der Waals surface area contributed by atoms with Gasteiger partial charge in [-0.3, -0.25) is 4.79 Å². The second-order valence-corrected chi connectivity index (χ2v) is 7.83. The summed E-state index contributed by atoms with van der Waals surface area (Å²) >= 11 is 6.05. The highest BCUT2D eigenvalue weighted by atomic mass is 35.5. The summed E-state index contributed by atoms with van der Waals surface area (Å²) in [5, 5.41) is 17.8. The molecule has 0 unspecified atom stereocenters. The van der Waals surface area contributed by atoms with Crippen molar-refractivity contribution >= 4 is 29.3 Å². The van der Waals surface area contributed by atoms with E-state index in [9.17, 15) is 10.1 Å². The van der Waals surface area contributed by atoms with Crippen molar-refractivity contribution in [3.8, 4) is 23.0 Å². The van der Waals surface area contributed by atoms with Crippen molar-refractivity contribution in [2.24, 2.45) is 0 Å². The van der Waals surface area contributed by atoms with E-state index >= 15 is 0 Å². The molecule has 6 heteroatoms. The van der Waals surface area contributed by atoms with Crippen molar-refractivity contribution in [3.63, 3.8) is 0 Å². The Morgan fingerprint density at radius 2 is 1.76 bits per heavy atom. The van der Waals surface area contributed by atoms with Crippen LogP contribution in [-0.4, -0.2) is 15.7 Å². The lowest BCUT2D eigenvalue weighted by molar-refractivity contribution is -0.112. The molecule has 5 nitrogen and oxygen atoms in total. The van der Waals surface area contributed by atoms with E-state index in [-0.39, 0.29) is 5.57 Å². The Hall–Kier alpha value is -4.14. The lowest BCUT2D eigenvalue weighted by Gasteiger charge is -2.05. The van der Waals surface area contributed by atoms with E-state index < -0.39 is 5.91 Å². The summed E-state index contributed by atoms with van der Waals surface area (Å²) < 4.78 is 1.73. The molecule has 4 aromatic rings. The van der Waals surface area contributed by atoms with E-state index in [1.807, 2.05) is 72.8 Å². The number of carbonyl (C=O) groups is 1. The van der Waals surface area contributed by atoms with Crippen LogP contribution in [0, 0.1) is 11.3 Å². The van der Waals surface area contributed by atoms with Crippen LogP contribution in [0.4, 0.5) is 5.69 Å². The van der Waals surface area contributed by atoms with E-state index in [4.69, 9.17) is 16.7 Å². The molecule has 1 aromatic heterocycles. The van der Waals surface area contributed by atoms with Crippen LogP contribution in [0.25, 0.3) is 23.0 Å². The number of aromatic nitrogens is 2. The van der Waals surface area contributed by atoms with Crippen LogP contribution >= 0.6 is 11.6 Å². The first-order valence-corrected chi connectivity index (χ1v) is 10.9. The molecule has 0 atom stereocenters. The van der Waals surface area contributed by atoms with Gasteiger partial charge in [-0.25, -0.2) is 4.68 Å². The second-order valence-electron chi connectivity index (χ2n) is 7.39. The lowest BCUT2D eigenvalue weighted by Crippen LogP contribution is -2.13. The number of benzene rings is 3. The number of nitrogens with zero attached hydrogens (tertiary/aromatic N) is 3. The largest absolute Gasteiger partial charge is 0.321 e. The van der Waals surface area contributed by atoms with Crippen molar-refractivity contribution in [2.45, 2.75) is 13.3 Å². The van der Waals surface area contributed by atoms with Crippen LogP contribution in [0.3, 0.4) is 0 Å². The van der Waals surface area contributed by atoms with Gasteiger partial charge in [-0.1, -0.05) is 61.0 Å². The predicted octanol–water partition coefficient (Wildman–Crippen LogP) is 6.30. The fourth-order valence-electron chi connectivity index (χ4n) is 3.36. The summed E-state index contributed by atoms with van der Waals surface area (Å²) in [5.41, 5.74) is 4.77. The van der Waals surface area contributed by atoms with Gasteiger partial charge in [0.25, 0.3) is 5.91 Å². The minimum Gasteiger partial charge on any atom is -0.321 e. The zero-order chi connectivity index (χ0) is 23.2. The molecule has 0 saturated carbocycles. The van der Waals surface area contributed by atoms with E-state index in [2.05, 4.69) is 12.2 Å². The molecule has 1 heterocycles. The molecule has 0 spiro atoms. The molecule has 0 saturated heterocycles. The van der Waals surface area contributed by atoms with E-state index in [1.54, 1.807) is 29.1 Å². The molecule has 33 heavy (non-hydrogen) atoms. The highest BCUT2D eigenvalue weighted by molar-refractivity contribution is 6.30. The Labute approximate surface area is 197 Å². The topological polar surface area (TPSA) is 70.7 Å². The Bertz CT molecular complexity index is 1330. The monoisotopic (exact) mass is 452 g/mol. The van der Waals surface area contributed by atoms with Gasteiger partial charge in [-0.05, 0) is 54.5 Å². The fourth-order valence-corrected chi connectivity index (χ4v) is 3.49. The summed E-state index contributed by atoms with van der Waals surface area (Å²) in [5.74, 6) is -0.476. The summed E-state index contributed by atoms with van der Waals surface area (Å²) in [4.78, 5) is 12.8. The maximum Gasteiger partial charge on any atom is 0.266 e. The zero-order valence-corrected chi connectivity index (χ0v) is 18.8. The SMILES string of the molecule is CCc1ccc(NC(=O)C(C#N)=Cc2cn(-c3ccccc3)nc2-c2ccc(Cl)cc2)cc1. The van der Waals surface area contributed by atoms with Crippen LogP contribution in [0.5, 0.6) is 0 Å². The molecule has 1 N–H and O–H groups in total. The smallest absolute Gasteiger partial charge is 0.266 e. The maximum atomic E-state index is 12.8. The number of hydrogen-bond donors (Lipinski definition) is 1. The minimum absolute atomic E-state index is 0.0163. The summed E-state index contributed by atoms with van der Waals surface area (Å²) in [7, 11) is 0. The molecule has 4 rings (SSSR count).